The van der Waals surface area contributed by atoms with E-state index in [0.717, 1.165) is 24.6 Å². The van der Waals surface area contributed by atoms with Gasteiger partial charge in [-0.25, -0.2) is 0 Å². The van der Waals surface area contributed by atoms with Crippen LogP contribution in [0, 0.1) is 0 Å². The molecule has 0 N–H and O–H groups in total. The Bertz CT molecular complexity index is 743. The number of nitrogens with zero attached hydrogens (tertiary/aromatic N) is 4. The maximum atomic E-state index is 12.7. The van der Waals surface area contributed by atoms with Crippen LogP contribution < -0.4 is 9.47 Å². The highest BCUT2D eigenvalue weighted by molar-refractivity contribution is 5.82. The van der Waals surface area contributed by atoms with Crippen LogP contribution in [-0.4, -0.2) is 44.8 Å². The van der Waals surface area contributed by atoms with Crippen molar-refractivity contribution in [1.82, 2.24) is 19.7 Å². The topological polar surface area (TPSA) is 69.5 Å². The molecule has 4 rings (SSSR count). The van der Waals surface area contributed by atoms with Crippen molar-refractivity contribution in [2.75, 3.05) is 13.2 Å². The second-order valence-corrected chi connectivity index (χ2v) is 5.66. The van der Waals surface area contributed by atoms with Gasteiger partial charge in [0, 0.05) is 19.5 Å². The average Bonchev–Trinajstić information content (AvgIpc) is 3.03. The first-order valence-electron chi connectivity index (χ1n) is 7.84. The molecule has 2 aliphatic rings. The molecule has 23 heavy (non-hydrogen) atoms. The number of amides is 1. The number of hydrogen-bond acceptors (Lipinski definition) is 5. The number of aryl methyl sites for hydroxylation is 1. The first-order valence-corrected chi connectivity index (χ1v) is 7.84. The molecule has 0 saturated carbocycles. The number of hydrogen-bond donors (Lipinski definition) is 0. The Hall–Kier alpha value is -2.57. The number of carbonyl (C=O) groups excluding carboxylic acids is 1. The molecule has 0 spiro atoms. The Balaban J connectivity index is 1.48. The van der Waals surface area contributed by atoms with Crippen molar-refractivity contribution in [1.29, 1.82) is 0 Å². The van der Waals surface area contributed by atoms with E-state index < -0.39 is 6.10 Å². The Morgan fingerprint density at radius 1 is 1.26 bits per heavy atom. The van der Waals surface area contributed by atoms with Crippen LogP contribution in [0.5, 0.6) is 11.5 Å². The summed E-state index contributed by atoms with van der Waals surface area (Å²) in [5.41, 5.74) is 0. The largest absolute Gasteiger partial charge is 0.485 e. The minimum Gasteiger partial charge on any atom is -0.485 e. The van der Waals surface area contributed by atoms with Crippen LogP contribution in [0.3, 0.4) is 0 Å². The van der Waals surface area contributed by atoms with Crippen LogP contribution in [0.1, 0.15) is 18.6 Å². The van der Waals surface area contributed by atoms with Crippen LogP contribution in [0.4, 0.5) is 0 Å². The molecule has 0 radical (unpaired) electrons. The highest BCUT2D eigenvalue weighted by Gasteiger charge is 2.33. The molecular weight excluding hydrogens is 296 g/mol. The minimum absolute atomic E-state index is 0.0631. The van der Waals surface area contributed by atoms with Crippen molar-refractivity contribution in [2.45, 2.75) is 32.5 Å². The number of aromatic nitrogens is 3. The molecule has 1 aromatic carbocycles. The summed E-state index contributed by atoms with van der Waals surface area (Å²) in [4.78, 5) is 14.5. The smallest absolute Gasteiger partial charge is 0.267 e. The number of para-hydroxylation sites is 2. The summed E-state index contributed by atoms with van der Waals surface area (Å²) in [7, 11) is 0. The van der Waals surface area contributed by atoms with E-state index in [2.05, 4.69) is 21.7 Å². The van der Waals surface area contributed by atoms with Gasteiger partial charge in [0.15, 0.2) is 17.3 Å². The van der Waals surface area contributed by atoms with Crippen molar-refractivity contribution in [3.63, 3.8) is 0 Å². The van der Waals surface area contributed by atoms with Gasteiger partial charge >= 0.3 is 0 Å². The van der Waals surface area contributed by atoms with Crippen molar-refractivity contribution in [3.05, 3.63) is 35.9 Å². The molecule has 3 heterocycles. The van der Waals surface area contributed by atoms with E-state index in [0.29, 0.717) is 24.6 Å². The lowest BCUT2D eigenvalue weighted by atomic mass is 10.2. The number of rotatable bonds is 2. The fraction of sp³-hybridized carbons (Fsp3) is 0.438. The van der Waals surface area contributed by atoms with E-state index in [1.54, 1.807) is 4.90 Å². The molecular formula is C16H18N4O3. The SMILES string of the molecule is CCc1nnc2n1CCN(C(=O)[C@@H]1COc3ccccc3O1)C2. The van der Waals surface area contributed by atoms with Crippen LogP contribution >= 0.6 is 0 Å². The van der Waals surface area contributed by atoms with E-state index >= 15 is 0 Å². The lowest BCUT2D eigenvalue weighted by molar-refractivity contribution is -0.142. The molecule has 0 bridgehead atoms. The second-order valence-electron chi connectivity index (χ2n) is 5.66. The van der Waals surface area contributed by atoms with E-state index in [1.807, 2.05) is 24.3 Å². The average molecular weight is 314 g/mol. The first-order chi connectivity index (χ1) is 11.3. The van der Waals surface area contributed by atoms with Crippen molar-refractivity contribution in [2.24, 2.45) is 0 Å². The molecule has 2 aliphatic heterocycles. The molecule has 0 aliphatic carbocycles. The molecule has 7 heteroatoms. The molecule has 120 valence electrons. The summed E-state index contributed by atoms with van der Waals surface area (Å²) in [5.74, 6) is 3.04. The summed E-state index contributed by atoms with van der Waals surface area (Å²) < 4.78 is 13.5. The maximum absolute atomic E-state index is 12.7. The lowest BCUT2D eigenvalue weighted by Gasteiger charge is -2.32. The molecule has 1 amide bonds. The Labute approximate surface area is 133 Å². The predicted molar refractivity (Wildman–Crippen MR) is 81.2 cm³/mol. The normalized spacial score (nSPS) is 19.3. The van der Waals surface area contributed by atoms with E-state index in [-0.39, 0.29) is 12.5 Å². The van der Waals surface area contributed by atoms with Gasteiger partial charge in [-0.15, -0.1) is 10.2 Å². The second kappa shape index (κ2) is 5.57. The monoisotopic (exact) mass is 314 g/mol. The van der Waals surface area contributed by atoms with Crippen LogP contribution in [0.15, 0.2) is 24.3 Å². The third-order valence-electron chi connectivity index (χ3n) is 4.24. The highest BCUT2D eigenvalue weighted by Crippen LogP contribution is 2.31. The quantitative estimate of drug-likeness (QED) is 0.828. The molecule has 1 atom stereocenters. The minimum atomic E-state index is -0.606. The zero-order chi connectivity index (χ0) is 15.8. The first kappa shape index (κ1) is 14.0. The van der Waals surface area contributed by atoms with E-state index in [4.69, 9.17) is 9.47 Å². The van der Waals surface area contributed by atoms with Gasteiger partial charge in [0.1, 0.15) is 12.4 Å². The Kier molecular flexibility index (Phi) is 3.40. The van der Waals surface area contributed by atoms with Crippen LogP contribution in [0.2, 0.25) is 0 Å². The number of benzene rings is 1. The van der Waals surface area contributed by atoms with Crippen LogP contribution in [0.25, 0.3) is 0 Å². The van der Waals surface area contributed by atoms with E-state index in [1.165, 1.54) is 0 Å². The summed E-state index contributed by atoms with van der Waals surface area (Å²) in [6.07, 6.45) is 0.238. The molecule has 0 unspecified atom stereocenters. The fourth-order valence-corrected chi connectivity index (χ4v) is 3.01. The van der Waals surface area contributed by atoms with Crippen LogP contribution in [-0.2, 0) is 24.3 Å². The summed E-state index contributed by atoms with van der Waals surface area (Å²) >= 11 is 0. The van der Waals surface area contributed by atoms with Gasteiger partial charge < -0.3 is 18.9 Å². The molecule has 7 nitrogen and oxygen atoms in total. The third-order valence-corrected chi connectivity index (χ3v) is 4.24. The highest BCUT2D eigenvalue weighted by atomic mass is 16.6. The van der Waals surface area contributed by atoms with Gasteiger partial charge in [-0.2, -0.15) is 0 Å². The molecule has 1 aromatic heterocycles. The fourth-order valence-electron chi connectivity index (χ4n) is 3.01. The molecule has 2 aromatic rings. The predicted octanol–water partition coefficient (Wildman–Crippen LogP) is 1.02. The van der Waals surface area contributed by atoms with Gasteiger partial charge in [0.25, 0.3) is 5.91 Å². The van der Waals surface area contributed by atoms with Gasteiger partial charge in [-0.05, 0) is 12.1 Å². The number of ether oxygens (including phenoxy) is 2. The summed E-state index contributed by atoms with van der Waals surface area (Å²) in [6, 6.07) is 7.40. The lowest BCUT2D eigenvalue weighted by Crippen LogP contribution is -2.49. The Morgan fingerprint density at radius 2 is 2.09 bits per heavy atom. The number of carbonyl (C=O) groups is 1. The zero-order valence-corrected chi connectivity index (χ0v) is 12.9. The van der Waals surface area contributed by atoms with Gasteiger partial charge in [-0.1, -0.05) is 19.1 Å². The maximum Gasteiger partial charge on any atom is 0.267 e. The van der Waals surface area contributed by atoms with Crippen molar-refractivity contribution >= 4 is 5.91 Å². The summed E-state index contributed by atoms with van der Waals surface area (Å²) in [6.45, 7) is 4.12. The summed E-state index contributed by atoms with van der Waals surface area (Å²) in [5, 5.41) is 8.36. The van der Waals surface area contributed by atoms with E-state index in [9.17, 15) is 4.79 Å². The molecule has 0 saturated heterocycles. The number of fused-ring (bicyclic) bond motifs is 2. The standard InChI is InChI=1S/C16H18N4O3/c1-2-14-17-18-15-9-19(7-8-20(14)15)16(21)13-10-22-11-5-3-4-6-12(11)23-13/h3-6,13H,2,7-10H2,1H3/t13-/m0/s1. The molecule has 0 fully saturated rings. The van der Waals surface area contributed by atoms with Gasteiger partial charge in [0.2, 0.25) is 6.10 Å². The van der Waals surface area contributed by atoms with Crippen molar-refractivity contribution < 1.29 is 14.3 Å². The van der Waals surface area contributed by atoms with Gasteiger partial charge in [0.05, 0.1) is 6.54 Å². The van der Waals surface area contributed by atoms with Crippen molar-refractivity contribution in [3.8, 4) is 11.5 Å². The Morgan fingerprint density at radius 3 is 2.91 bits per heavy atom. The third kappa shape index (κ3) is 2.42. The van der Waals surface area contributed by atoms with Gasteiger partial charge in [-0.3, -0.25) is 4.79 Å². The zero-order valence-electron chi connectivity index (χ0n) is 12.9.